The van der Waals surface area contributed by atoms with E-state index in [2.05, 4.69) is 15.1 Å². The van der Waals surface area contributed by atoms with Gasteiger partial charge < -0.3 is 20.3 Å². The number of carbonyl (C=O) groups is 2. The van der Waals surface area contributed by atoms with E-state index in [0.29, 0.717) is 32.1 Å². The van der Waals surface area contributed by atoms with Crippen LogP contribution in [0.5, 0.6) is 0 Å². The van der Waals surface area contributed by atoms with Crippen LogP contribution in [-0.4, -0.2) is 59.4 Å². The Labute approximate surface area is 115 Å². The summed E-state index contributed by atoms with van der Waals surface area (Å²) in [5.41, 5.74) is 5.28. The third-order valence-corrected chi connectivity index (χ3v) is 3.62. The van der Waals surface area contributed by atoms with Crippen LogP contribution in [0.25, 0.3) is 0 Å². The van der Waals surface area contributed by atoms with Crippen molar-refractivity contribution in [2.75, 3.05) is 31.1 Å². The lowest BCUT2D eigenvalue weighted by atomic mass is 10.1. The van der Waals surface area contributed by atoms with Crippen molar-refractivity contribution in [3.05, 3.63) is 17.8 Å². The summed E-state index contributed by atoms with van der Waals surface area (Å²) in [4.78, 5) is 26.4. The van der Waals surface area contributed by atoms with E-state index in [4.69, 9.17) is 10.5 Å². The van der Waals surface area contributed by atoms with Crippen molar-refractivity contribution < 1.29 is 14.3 Å². The molecule has 8 heteroatoms. The van der Waals surface area contributed by atoms with Gasteiger partial charge in [-0.15, -0.1) is 10.2 Å². The third-order valence-electron chi connectivity index (χ3n) is 3.62. The second-order valence-electron chi connectivity index (χ2n) is 4.84. The first kappa shape index (κ1) is 12.6. The molecule has 2 N–H and O–H groups in total. The van der Waals surface area contributed by atoms with Crippen molar-refractivity contribution in [2.24, 2.45) is 5.73 Å². The average Bonchev–Trinajstić information content (AvgIpc) is 2.47. The van der Waals surface area contributed by atoms with Gasteiger partial charge in [0.05, 0.1) is 12.6 Å². The van der Waals surface area contributed by atoms with Gasteiger partial charge >= 0.3 is 6.09 Å². The van der Waals surface area contributed by atoms with Crippen LogP contribution in [-0.2, 0) is 4.74 Å². The Morgan fingerprint density at radius 1 is 1.35 bits per heavy atom. The number of hydrogen-bond acceptors (Lipinski definition) is 6. The number of primary amides is 1. The molecule has 1 unspecified atom stereocenters. The van der Waals surface area contributed by atoms with E-state index in [1.54, 1.807) is 17.0 Å². The third kappa shape index (κ3) is 2.24. The van der Waals surface area contributed by atoms with Gasteiger partial charge in [0.25, 0.3) is 5.91 Å². The molecule has 8 nitrogen and oxygen atoms in total. The van der Waals surface area contributed by atoms with Crippen LogP contribution in [0.2, 0.25) is 0 Å². The molecule has 2 amide bonds. The minimum absolute atomic E-state index is 0.141. The van der Waals surface area contributed by atoms with E-state index in [0.717, 1.165) is 6.42 Å². The maximum absolute atomic E-state index is 11.6. The molecule has 3 rings (SSSR count). The summed E-state index contributed by atoms with van der Waals surface area (Å²) >= 11 is 0. The number of hydrogen-bond donors (Lipinski definition) is 1. The van der Waals surface area contributed by atoms with E-state index < -0.39 is 5.91 Å². The molecule has 0 saturated carbocycles. The van der Waals surface area contributed by atoms with Gasteiger partial charge in [0.1, 0.15) is 0 Å². The van der Waals surface area contributed by atoms with Gasteiger partial charge in [-0.1, -0.05) is 0 Å². The molecule has 0 aromatic carbocycles. The van der Waals surface area contributed by atoms with Gasteiger partial charge in [-0.25, -0.2) is 4.79 Å². The number of rotatable bonds is 2. The van der Waals surface area contributed by atoms with Gasteiger partial charge in [0.2, 0.25) is 0 Å². The summed E-state index contributed by atoms with van der Waals surface area (Å²) in [5, 5.41) is 7.82. The molecular formula is C12H15N5O3. The Morgan fingerprint density at radius 3 is 2.90 bits per heavy atom. The van der Waals surface area contributed by atoms with Gasteiger partial charge in [-0.2, -0.15) is 0 Å². The van der Waals surface area contributed by atoms with E-state index >= 15 is 0 Å². The predicted molar refractivity (Wildman–Crippen MR) is 69.2 cm³/mol. The van der Waals surface area contributed by atoms with Crippen LogP contribution in [0.4, 0.5) is 10.6 Å². The van der Waals surface area contributed by atoms with E-state index in [1.807, 2.05) is 0 Å². The van der Waals surface area contributed by atoms with Gasteiger partial charge in [0, 0.05) is 26.1 Å². The largest absolute Gasteiger partial charge is 0.449 e. The lowest BCUT2D eigenvalue weighted by Gasteiger charge is -2.43. The molecule has 1 aromatic heterocycles. The Hall–Kier alpha value is -2.38. The summed E-state index contributed by atoms with van der Waals surface area (Å²) in [6, 6.07) is 3.43. The molecule has 0 aliphatic carbocycles. The monoisotopic (exact) mass is 277 g/mol. The molecule has 2 aliphatic heterocycles. The molecule has 2 saturated heterocycles. The predicted octanol–water partition coefficient (Wildman–Crippen LogP) is -0.394. The zero-order valence-corrected chi connectivity index (χ0v) is 10.9. The molecule has 0 spiro atoms. The molecule has 0 bridgehead atoms. The molecule has 1 atom stereocenters. The summed E-state index contributed by atoms with van der Waals surface area (Å²) in [6.45, 7) is 2.42. The minimum atomic E-state index is -0.594. The quantitative estimate of drug-likeness (QED) is 0.789. The fourth-order valence-electron chi connectivity index (χ4n) is 2.54. The van der Waals surface area contributed by atoms with Crippen LogP contribution >= 0.6 is 0 Å². The molecule has 0 radical (unpaired) electrons. The van der Waals surface area contributed by atoms with Crippen LogP contribution in [0.15, 0.2) is 12.1 Å². The fraction of sp³-hybridized carbons (Fsp3) is 0.500. The van der Waals surface area contributed by atoms with Gasteiger partial charge in [-0.05, 0) is 12.1 Å². The van der Waals surface area contributed by atoms with Crippen molar-refractivity contribution in [1.82, 2.24) is 15.1 Å². The lowest BCUT2D eigenvalue weighted by Crippen LogP contribution is -2.58. The zero-order valence-electron chi connectivity index (χ0n) is 10.9. The maximum Gasteiger partial charge on any atom is 0.410 e. The highest BCUT2D eigenvalue weighted by Gasteiger charge is 2.34. The number of nitrogens with zero attached hydrogens (tertiary/aromatic N) is 4. The first-order chi connectivity index (χ1) is 9.65. The summed E-state index contributed by atoms with van der Waals surface area (Å²) in [5.74, 6) is 0.0949. The summed E-state index contributed by atoms with van der Waals surface area (Å²) < 4.78 is 5.02. The van der Waals surface area contributed by atoms with Crippen molar-refractivity contribution in [3.8, 4) is 0 Å². The van der Waals surface area contributed by atoms with Crippen LogP contribution in [0, 0.1) is 0 Å². The first-order valence-corrected chi connectivity index (χ1v) is 6.47. The Morgan fingerprint density at radius 2 is 2.20 bits per heavy atom. The number of piperazine rings is 1. The molecule has 2 aliphatic rings. The minimum Gasteiger partial charge on any atom is -0.449 e. The summed E-state index contributed by atoms with van der Waals surface area (Å²) in [7, 11) is 0. The number of carbonyl (C=O) groups excluding carboxylic acids is 2. The topological polar surface area (TPSA) is 102 Å². The Balaban J connectivity index is 1.72. The highest BCUT2D eigenvalue weighted by atomic mass is 16.6. The Bertz CT molecular complexity index is 532. The number of nitrogens with two attached hydrogens (primary N) is 1. The molecule has 20 heavy (non-hydrogen) atoms. The van der Waals surface area contributed by atoms with Gasteiger partial charge in [0.15, 0.2) is 11.5 Å². The van der Waals surface area contributed by atoms with Crippen LogP contribution in [0.3, 0.4) is 0 Å². The van der Waals surface area contributed by atoms with Crippen molar-refractivity contribution in [1.29, 1.82) is 0 Å². The molecule has 2 fully saturated rings. The van der Waals surface area contributed by atoms with Crippen molar-refractivity contribution >= 4 is 17.8 Å². The highest BCUT2D eigenvalue weighted by molar-refractivity contribution is 5.90. The smallest absolute Gasteiger partial charge is 0.410 e. The fourth-order valence-corrected chi connectivity index (χ4v) is 2.54. The molecular weight excluding hydrogens is 262 g/mol. The Kier molecular flexibility index (Phi) is 3.13. The lowest BCUT2D eigenvalue weighted by molar-refractivity contribution is 0.0397. The number of amides is 2. The normalized spacial score (nSPS) is 22.2. The highest BCUT2D eigenvalue weighted by Crippen LogP contribution is 2.21. The molecule has 3 heterocycles. The molecule has 106 valence electrons. The average molecular weight is 277 g/mol. The van der Waals surface area contributed by atoms with Crippen LogP contribution < -0.4 is 10.6 Å². The molecule has 1 aromatic rings. The second kappa shape index (κ2) is 4.95. The van der Waals surface area contributed by atoms with Crippen molar-refractivity contribution in [2.45, 2.75) is 12.5 Å². The number of cyclic esters (lactones) is 1. The number of anilines is 1. The van der Waals surface area contributed by atoms with E-state index in [1.165, 1.54) is 0 Å². The first-order valence-electron chi connectivity index (χ1n) is 6.47. The zero-order chi connectivity index (χ0) is 14.1. The second-order valence-corrected chi connectivity index (χ2v) is 4.84. The van der Waals surface area contributed by atoms with Crippen molar-refractivity contribution in [3.63, 3.8) is 0 Å². The van der Waals surface area contributed by atoms with Crippen LogP contribution in [0.1, 0.15) is 16.9 Å². The van der Waals surface area contributed by atoms with E-state index in [-0.39, 0.29) is 17.8 Å². The SMILES string of the molecule is NC(=O)c1ccc(N2CCN3C(=O)OCCC3C2)nn1. The van der Waals surface area contributed by atoms with Gasteiger partial charge in [-0.3, -0.25) is 4.79 Å². The number of fused-ring (bicyclic) bond motifs is 1. The maximum atomic E-state index is 11.6. The summed E-state index contributed by atoms with van der Waals surface area (Å²) in [6.07, 6.45) is 0.575. The number of aromatic nitrogens is 2. The van der Waals surface area contributed by atoms with E-state index in [9.17, 15) is 9.59 Å². The number of ether oxygens (including phenoxy) is 1. The standard InChI is InChI=1S/C12H15N5O3/c13-11(18)9-1-2-10(15-14-9)16-4-5-17-8(7-16)3-6-20-12(17)19/h1-2,8H,3-7H2,(H2,13,18).